The van der Waals surface area contributed by atoms with Crippen LogP contribution in [0, 0.1) is 0 Å². The van der Waals surface area contributed by atoms with Gasteiger partial charge in [0.25, 0.3) is 0 Å². The van der Waals surface area contributed by atoms with Gasteiger partial charge in [-0.1, -0.05) is 17.3 Å². The van der Waals surface area contributed by atoms with E-state index in [9.17, 15) is 21.9 Å². The third kappa shape index (κ3) is 5.21. The van der Waals surface area contributed by atoms with Gasteiger partial charge in [0.2, 0.25) is 0 Å². The van der Waals surface area contributed by atoms with E-state index in [1.54, 1.807) is 6.26 Å². The first-order valence-electron chi connectivity index (χ1n) is 4.82. The quantitative estimate of drug-likeness (QED) is 0.363. The van der Waals surface area contributed by atoms with Gasteiger partial charge in [0, 0.05) is 10.5 Å². The van der Waals surface area contributed by atoms with Crippen molar-refractivity contribution in [2.45, 2.75) is 11.1 Å². The Kier molecular flexibility index (Phi) is 5.83. The maximum Gasteiger partial charge on any atom is 0.437 e. The number of benzene rings is 1. The van der Waals surface area contributed by atoms with E-state index in [1.807, 2.05) is 0 Å². The van der Waals surface area contributed by atoms with Crippen LogP contribution in [0.1, 0.15) is 5.56 Å². The number of hydrogen-bond donors (Lipinski definition) is 0. The highest BCUT2D eigenvalue weighted by Crippen LogP contribution is 2.24. The van der Waals surface area contributed by atoms with Crippen molar-refractivity contribution in [1.82, 2.24) is 0 Å². The van der Waals surface area contributed by atoms with Gasteiger partial charge in [-0.2, -0.15) is 13.2 Å². The molecule has 0 N–H and O–H groups in total. The Balaban J connectivity index is 2.99. The summed E-state index contributed by atoms with van der Waals surface area (Å²) < 4.78 is 58.6. The van der Waals surface area contributed by atoms with E-state index in [-0.39, 0.29) is 5.56 Å². The highest BCUT2D eigenvalue weighted by molar-refractivity contribution is 7.98. The van der Waals surface area contributed by atoms with Crippen LogP contribution in [0.5, 0.6) is 0 Å². The maximum absolute atomic E-state index is 12.7. The number of thioether (sulfide) groups is 1. The maximum atomic E-state index is 12.7. The third-order valence-electron chi connectivity index (χ3n) is 1.94. The molecule has 0 amide bonds. The van der Waals surface area contributed by atoms with Gasteiger partial charge in [-0.25, -0.2) is 0 Å². The van der Waals surface area contributed by atoms with Crippen LogP contribution in [-0.4, -0.2) is 32.8 Å². The summed E-state index contributed by atoms with van der Waals surface area (Å²) in [7, 11) is 0. The standard InChI is InChI=1S/C10H10F3NO3S2/c1-18-8-4-2-7(3-5-8)9(10(11,12)13)14-17-6-19(15)16/h2-5H,6H2,1H3,(H,15,16)/p-1. The summed E-state index contributed by atoms with van der Waals surface area (Å²) in [5, 5.41) is 2.85. The fourth-order valence-electron chi connectivity index (χ4n) is 1.15. The molecule has 106 valence electrons. The minimum Gasteiger partial charge on any atom is -0.770 e. The molecule has 19 heavy (non-hydrogen) atoms. The minimum atomic E-state index is -4.73. The van der Waals surface area contributed by atoms with E-state index < -0.39 is 28.9 Å². The second-order valence-corrected chi connectivity index (χ2v) is 4.94. The molecule has 4 nitrogen and oxygen atoms in total. The Bertz CT molecular complexity index is 474. The minimum absolute atomic E-state index is 0.193. The van der Waals surface area contributed by atoms with Crippen LogP contribution in [0.4, 0.5) is 13.2 Å². The van der Waals surface area contributed by atoms with E-state index in [0.717, 1.165) is 4.90 Å². The highest BCUT2D eigenvalue weighted by Gasteiger charge is 2.37. The first-order chi connectivity index (χ1) is 8.84. The van der Waals surface area contributed by atoms with Crippen molar-refractivity contribution in [3.05, 3.63) is 29.8 Å². The van der Waals surface area contributed by atoms with Crippen molar-refractivity contribution < 1.29 is 26.8 Å². The van der Waals surface area contributed by atoms with Crippen molar-refractivity contribution in [3.8, 4) is 0 Å². The van der Waals surface area contributed by atoms with Gasteiger partial charge in [0.15, 0.2) is 11.7 Å². The van der Waals surface area contributed by atoms with Crippen molar-refractivity contribution in [1.29, 1.82) is 0 Å². The molecule has 0 aliphatic heterocycles. The van der Waals surface area contributed by atoms with Crippen LogP contribution in [0.15, 0.2) is 34.3 Å². The van der Waals surface area contributed by atoms with E-state index in [4.69, 9.17) is 0 Å². The smallest absolute Gasteiger partial charge is 0.437 e. The largest absolute Gasteiger partial charge is 0.770 e. The SMILES string of the molecule is CSc1ccc(C(=NOCS(=O)[O-])C(F)(F)F)cc1. The molecule has 0 saturated heterocycles. The fourth-order valence-corrected chi connectivity index (χ4v) is 1.70. The normalized spacial score (nSPS) is 14.3. The van der Waals surface area contributed by atoms with Gasteiger partial charge in [-0.05, 0) is 29.5 Å². The molecule has 0 aliphatic rings. The number of rotatable bonds is 5. The van der Waals surface area contributed by atoms with Gasteiger partial charge in [-0.3, -0.25) is 4.21 Å². The number of halogens is 3. The molecule has 1 aromatic carbocycles. The Morgan fingerprint density at radius 3 is 2.42 bits per heavy atom. The van der Waals surface area contributed by atoms with Crippen molar-refractivity contribution in [2.24, 2.45) is 5.16 Å². The summed E-state index contributed by atoms with van der Waals surface area (Å²) in [4.78, 5) is 4.94. The molecule has 0 aromatic heterocycles. The van der Waals surface area contributed by atoms with Crippen LogP contribution in [0.2, 0.25) is 0 Å². The molecule has 0 heterocycles. The van der Waals surface area contributed by atoms with E-state index in [0.29, 0.717) is 0 Å². The summed E-state index contributed by atoms with van der Waals surface area (Å²) >= 11 is -1.24. The van der Waals surface area contributed by atoms with Crippen LogP contribution in [-0.2, 0) is 15.9 Å². The summed E-state index contributed by atoms with van der Waals surface area (Å²) in [6.07, 6.45) is -2.94. The van der Waals surface area contributed by atoms with E-state index in [2.05, 4.69) is 9.99 Å². The number of alkyl halides is 3. The Labute approximate surface area is 114 Å². The second-order valence-electron chi connectivity index (χ2n) is 3.22. The molecule has 1 aromatic rings. The van der Waals surface area contributed by atoms with Crippen LogP contribution < -0.4 is 0 Å². The molecule has 1 atom stereocenters. The van der Waals surface area contributed by atoms with E-state index >= 15 is 0 Å². The summed E-state index contributed by atoms with van der Waals surface area (Å²) in [5.74, 6) is -0.928. The van der Waals surface area contributed by atoms with E-state index in [1.165, 1.54) is 36.0 Å². The van der Waals surface area contributed by atoms with Crippen molar-refractivity contribution >= 4 is 28.6 Å². The molecule has 0 spiro atoms. The van der Waals surface area contributed by atoms with Crippen LogP contribution >= 0.6 is 11.8 Å². The van der Waals surface area contributed by atoms with Gasteiger partial charge in [-0.15, -0.1) is 11.8 Å². The van der Waals surface area contributed by atoms with Gasteiger partial charge >= 0.3 is 6.18 Å². The molecule has 1 rings (SSSR count). The predicted molar refractivity (Wildman–Crippen MR) is 65.7 cm³/mol. The molecule has 0 bridgehead atoms. The molecule has 1 unspecified atom stereocenters. The average molecular weight is 312 g/mol. The van der Waals surface area contributed by atoms with Crippen molar-refractivity contribution in [3.63, 3.8) is 0 Å². The molecule has 0 fully saturated rings. The lowest BCUT2D eigenvalue weighted by Gasteiger charge is -2.11. The molecule has 9 heteroatoms. The lowest BCUT2D eigenvalue weighted by molar-refractivity contribution is -0.0610. The molecule has 0 radical (unpaired) electrons. The summed E-state index contributed by atoms with van der Waals surface area (Å²) in [6.45, 7) is 0. The third-order valence-corrected chi connectivity index (χ3v) is 2.98. The fraction of sp³-hybridized carbons (Fsp3) is 0.300. The predicted octanol–water partition coefficient (Wildman–Crippen LogP) is 2.53. The molecule has 0 aliphatic carbocycles. The lowest BCUT2D eigenvalue weighted by atomic mass is 10.1. The number of hydrogen-bond acceptors (Lipinski definition) is 5. The topological polar surface area (TPSA) is 61.7 Å². The average Bonchev–Trinajstić information content (AvgIpc) is 2.33. The molecular formula is C10H9F3NO3S2-. The van der Waals surface area contributed by atoms with Crippen molar-refractivity contribution in [2.75, 3.05) is 12.2 Å². The number of nitrogens with zero attached hydrogens (tertiary/aromatic N) is 1. The Morgan fingerprint density at radius 2 is 2.00 bits per heavy atom. The zero-order valence-electron chi connectivity index (χ0n) is 9.64. The first kappa shape index (κ1) is 16.0. The van der Waals surface area contributed by atoms with Crippen LogP contribution in [0.25, 0.3) is 0 Å². The monoisotopic (exact) mass is 312 g/mol. The Morgan fingerprint density at radius 1 is 1.42 bits per heavy atom. The first-order valence-corrected chi connectivity index (χ1v) is 7.29. The zero-order valence-corrected chi connectivity index (χ0v) is 11.3. The molecule has 0 saturated carbocycles. The van der Waals surface area contributed by atoms with Crippen LogP contribution in [0.3, 0.4) is 0 Å². The van der Waals surface area contributed by atoms with Gasteiger partial charge in [0.05, 0.1) is 0 Å². The molecular weight excluding hydrogens is 303 g/mol. The lowest BCUT2D eigenvalue weighted by Crippen LogP contribution is -2.24. The Hall–Kier alpha value is -1.06. The highest BCUT2D eigenvalue weighted by atomic mass is 32.2. The second kappa shape index (κ2) is 6.92. The summed E-state index contributed by atoms with van der Waals surface area (Å²) in [6, 6.07) is 5.51. The van der Waals surface area contributed by atoms with Gasteiger partial charge < -0.3 is 9.39 Å². The number of oxime groups is 1. The zero-order chi connectivity index (χ0) is 14.5. The van der Waals surface area contributed by atoms with Gasteiger partial charge in [0.1, 0.15) is 0 Å². The summed E-state index contributed by atoms with van der Waals surface area (Å²) in [5.41, 5.74) is -1.47.